The van der Waals surface area contributed by atoms with Crippen molar-refractivity contribution in [3.8, 4) is 0 Å². The van der Waals surface area contributed by atoms with Crippen LogP contribution in [0.3, 0.4) is 0 Å². The second kappa shape index (κ2) is 9.65. The van der Waals surface area contributed by atoms with Crippen molar-refractivity contribution in [2.45, 2.75) is 66.0 Å². The molecule has 0 rings (SSSR count). The minimum absolute atomic E-state index is 0.403. The van der Waals surface area contributed by atoms with Crippen LogP contribution in [0.25, 0.3) is 0 Å². The van der Waals surface area contributed by atoms with Gasteiger partial charge in [0.2, 0.25) is 5.99 Å². The quantitative estimate of drug-likeness (QED) is 0.547. The van der Waals surface area contributed by atoms with E-state index in [0.29, 0.717) is 13.0 Å². The van der Waals surface area contributed by atoms with Gasteiger partial charge in [0.25, 0.3) is 6.92 Å². The molecule has 0 bridgehead atoms. The molecule has 0 N–H and O–H groups in total. The molecule has 0 saturated heterocycles. The Kier molecular flexibility index (Phi) is 9.93. The Balaban J connectivity index is 3.67. The van der Waals surface area contributed by atoms with Crippen LogP contribution in [-0.2, 0) is 4.65 Å². The first-order valence-electron chi connectivity index (χ1n) is 6.44. The van der Waals surface area contributed by atoms with Crippen LogP contribution in [0.15, 0.2) is 0 Å². The lowest BCUT2D eigenvalue weighted by Crippen LogP contribution is -2.25. The van der Waals surface area contributed by atoms with E-state index in [-0.39, 0.29) is 0 Å². The minimum Gasteiger partial charge on any atom is -0.433 e. The highest BCUT2D eigenvalue weighted by Crippen LogP contribution is 2.17. The van der Waals surface area contributed by atoms with Crippen LogP contribution in [0.5, 0.6) is 0 Å². The Labute approximate surface area is 101 Å². The Hall–Kier alpha value is 0.440. The van der Waals surface area contributed by atoms with E-state index < -0.39 is 0 Å². The molecule has 0 spiro atoms. The summed E-state index contributed by atoms with van der Waals surface area (Å²) < 4.78 is 5.97. The lowest BCUT2D eigenvalue weighted by Gasteiger charge is -2.19. The molecule has 0 aromatic heterocycles. The normalized spacial score (nSPS) is 12.6. The third-order valence-electron chi connectivity index (χ3n) is 2.81. The maximum atomic E-state index is 5.97. The summed E-state index contributed by atoms with van der Waals surface area (Å²) in [4.78, 5) is 0. The summed E-state index contributed by atoms with van der Waals surface area (Å²) in [7, 11) is 0. The van der Waals surface area contributed by atoms with Crippen LogP contribution in [0.2, 0.25) is 25.3 Å². The molecule has 4 heteroatoms. The first-order valence-corrected chi connectivity index (χ1v) is 7.49. The van der Waals surface area contributed by atoms with Crippen LogP contribution < -0.4 is 0 Å². The molecule has 1 unspecified atom stereocenters. The zero-order chi connectivity index (χ0) is 11.7. The van der Waals surface area contributed by atoms with Crippen molar-refractivity contribution in [1.29, 1.82) is 0 Å². The average molecular weight is 228 g/mol. The van der Waals surface area contributed by atoms with Crippen molar-refractivity contribution in [2.75, 3.05) is 5.75 Å². The van der Waals surface area contributed by atoms with Crippen LogP contribution >= 0.6 is 11.6 Å². The van der Waals surface area contributed by atoms with Gasteiger partial charge >= 0.3 is 0 Å². The van der Waals surface area contributed by atoms with E-state index in [1.165, 1.54) is 12.6 Å². The summed E-state index contributed by atoms with van der Waals surface area (Å²) in [6, 6.07) is 0. The molecule has 0 aliphatic carbocycles. The van der Waals surface area contributed by atoms with E-state index in [1.54, 1.807) is 0 Å². The zero-order valence-corrected chi connectivity index (χ0v) is 11.9. The molecule has 0 aliphatic heterocycles. The van der Waals surface area contributed by atoms with E-state index in [9.17, 15) is 0 Å². The van der Waals surface area contributed by atoms with Gasteiger partial charge in [-0.1, -0.05) is 53.0 Å². The second-order valence-electron chi connectivity index (χ2n) is 4.16. The lowest BCUT2D eigenvalue weighted by atomic mass is 9.62. The summed E-state index contributed by atoms with van der Waals surface area (Å²) in [5.41, 5.74) is 0. The lowest BCUT2D eigenvalue weighted by molar-refractivity contribution is 0.247. The molecule has 0 fully saturated rings. The minimum atomic E-state index is 0.403. The zero-order valence-electron chi connectivity index (χ0n) is 11.1. The van der Waals surface area contributed by atoms with Gasteiger partial charge in [-0.2, -0.15) is 0 Å². The van der Waals surface area contributed by atoms with E-state index in [1.807, 2.05) is 0 Å². The van der Waals surface area contributed by atoms with Crippen molar-refractivity contribution in [3.05, 3.63) is 0 Å². The smallest absolute Gasteiger partial charge is 0.292 e. The SMILES string of the molecule is CCB(CC)OC(C)CSB(CC)CC. The van der Waals surface area contributed by atoms with Gasteiger partial charge in [-0.3, -0.25) is 0 Å². The molecule has 0 amide bonds. The number of hydrogen-bond acceptors (Lipinski definition) is 2. The van der Waals surface area contributed by atoms with Gasteiger partial charge in [-0.05, 0) is 6.92 Å². The van der Waals surface area contributed by atoms with Crippen molar-refractivity contribution < 1.29 is 4.65 Å². The van der Waals surface area contributed by atoms with Gasteiger partial charge in [0.1, 0.15) is 0 Å². The first-order chi connectivity index (χ1) is 7.17. The van der Waals surface area contributed by atoms with Crippen LogP contribution in [-0.4, -0.2) is 24.8 Å². The average Bonchev–Trinajstić information content (AvgIpc) is 2.27. The molecule has 15 heavy (non-hydrogen) atoms. The molecule has 0 radical (unpaired) electrons. The Bertz CT molecular complexity index is 139. The first kappa shape index (κ1) is 15.4. The maximum Gasteiger partial charge on any atom is 0.292 e. The predicted octanol–water partition coefficient (Wildman–Crippen LogP) is 4.19. The predicted molar refractivity (Wildman–Crippen MR) is 76.4 cm³/mol. The molecule has 0 aliphatic rings. The highest BCUT2D eigenvalue weighted by atomic mass is 32.2. The summed E-state index contributed by atoms with van der Waals surface area (Å²) in [5.74, 6) is 1.96. The fourth-order valence-electron chi connectivity index (χ4n) is 1.64. The van der Waals surface area contributed by atoms with Crippen LogP contribution in [0.4, 0.5) is 0 Å². The molecule has 1 atom stereocenters. The molecule has 0 aromatic rings. The fraction of sp³-hybridized carbons (Fsp3) is 1.00. The van der Waals surface area contributed by atoms with Gasteiger partial charge in [-0.15, -0.1) is 0 Å². The van der Waals surface area contributed by atoms with Gasteiger partial charge in [-0.25, -0.2) is 11.6 Å². The molecule has 88 valence electrons. The van der Waals surface area contributed by atoms with Crippen molar-refractivity contribution >= 4 is 24.5 Å². The van der Waals surface area contributed by atoms with Crippen molar-refractivity contribution in [3.63, 3.8) is 0 Å². The topological polar surface area (TPSA) is 9.23 Å². The fourth-order valence-corrected chi connectivity index (χ4v) is 2.74. The van der Waals surface area contributed by atoms with Gasteiger partial charge < -0.3 is 4.65 Å². The second-order valence-corrected chi connectivity index (χ2v) is 5.49. The summed E-state index contributed by atoms with van der Waals surface area (Å²) in [6.07, 6.45) is 5.23. The van der Waals surface area contributed by atoms with Gasteiger partial charge in [0, 0.05) is 11.9 Å². The molecular weight excluding hydrogens is 202 g/mol. The third kappa shape index (κ3) is 7.35. The van der Waals surface area contributed by atoms with Gasteiger partial charge in [0.05, 0.1) is 0 Å². The Morgan fingerprint density at radius 2 is 1.53 bits per heavy atom. The molecule has 0 saturated carbocycles. The molecular formula is C11H26B2OS. The Morgan fingerprint density at radius 3 is 1.93 bits per heavy atom. The molecule has 0 aromatic carbocycles. The monoisotopic (exact) mass is 228 g/mol. The molecule has 1 nitrogen and oxygen atoms in total. The highest BCUT2D eigenvalue weighted by molar-refractivity contribution is 8.25. The third-order valence-corrected chi connectivity index (χ3v) is 4.61. The maximum absolute atomic E-state index is 5.97. The van der Waals surface area contributed by atoms with Crippen molar-refractivity contribution in [1.82, 2.24) is 0 Å². The Morgan fingerprint density at radius 1 is 1.00 bits per heavy atom. The van der Waals surface area contributed by atoms with E-state index in [0.717, 1.165) is 24.4 Å². The van der Waals surface area contributed by atoms with Crippen LogP contribution in [0, 0.1) is 0 Å². The standard InChI is InChI=1S/C11H26B2OS/c1-6-12(7-2)14-11(5)10-15-13(8-3)9-4/h11H,6-10H2,1-5H3. The largest absolute Gasteiger partial charge is 0.433 e. The van der Waals surface area contributed by atoms with E-state index in [4.69, 9.17) is 4.65 Å². The summed E-state index contributed by atoms with van der Waals surface area (Å²) >= 11 is 2.07. The van der Waals surface area contributed by atoms with E-state index in [2.05, 4.69) is 46.2 Å². The van der Waals surface area contributed by atoms with Gasteiger partial charge in [0.15, 0.2) is 0 Å². The number of rotatable bonds is 9. The number of hydrogen-bond donors (Lipinski definition) is 0. The molecule has 0 heterocycles. The van der Waals surface area contributed by atoms with Crippen LogP contribution in [0.1, 0.15) is 34.6 Å². The summed E-state index contributed by atoms with van der Waals surface area (Å²) in [6.45, 7) is 11.6. The summed E-state index contributed by atoms with van der Waals surface area (Å²) in [5, 5.41) is 0. The van der Waals surface area contributed by atoms with E-state index >= 15 is 0 Å². The highest BCUT2D eigenvalue weighted by Gasteiger charge is 2.16. The van der Waals surface area contributed by atoms with Crippen molar-refractivity contribution in [2.24, 2.45) is 0 Å².